The number of rotatable bonds is 2. The molecule has 0 fully saturated rings. The Morgan fingerprint density at radius 2 is 1.83 bits per heavy atom. The third-order valence-corrected chi connectivity index (χ3v) is 4.76. The normalized spacial score (nSPS) is 11.2. The molecule has 3 heterocycles. The van der Waals surface area contributed by atoms with Crippen molar-refractivity contribution < 1.29 is 0 Å². The highest BCUT2D eigenvalue weighted by Gasteiger charge is 2.17. The van der Waals surface area contributed by atoms with Gasteiger partial charge in [0, 0.05) is 18.3 Å². The second-order valence-electron chi connectivity index (χ2n) is 5.26. The van der Waals surface area contributed by atoms with Crippen molar-refractivity contribution in [2.75, 3.05) is 11.5 Å². The Labute approximate surface area is 136 Å². The summed E-state index contributed by atoms with van der Waals surface area (Å²) in [5.74, 6) is 0.494. The zero-order valence-corrected chi connectivity index (χ0v) is 13.2. The molecular formula is C16H14N6S. The fraction of sp³-hybridized carbons (Fsp3) is 0.0625. The van der Waals surface area contributed by atoms with Crippen LogP contribution in [0.4, 0.5) is 11.5 Å². The summed E-state index contributed by atoms with van der Waals surface area (Å²) < 4.78 is 2.00. The van der Waals surface area contributed by atoms with Crippen LogP contribution in [0.2, 0.25) is 0 Å². The Kier molecular flexibility index (Phi) is 3.02. The summed E-state index contributed by atoms with van der Waals surface area (Å²) in [6.45, 7) is 0. The first-order valence-electron chi connectivity index (χ1n) is 7.01. The summed E-state index contributed by atoms with van der Waals surface area (Å²) in [6, 6.07) is 9.73. The molecule has 0 saturated heterocycles. The standard InChI is InChI=1S/C16H14N6S/c1-22-8-21-13(9-2-4-10(17)5-3-9)14(22)12-6-11-15(18)19-7-20-16(11)23-12/h2-8H,17H2,1H3,(H2,18,19,20). The number of nitrogens with two attached hydrogens (primary N) is 2. The first-order chi connectivity index (χ1) is 11.1. The molecule has 0 bridgehead atoms. The minimum absolute atomic E-state index is 0.494. The second kappa shape index (κ2) is 5.06. The molecule has 0 amide bonds. The maximum atomic E-state index is 5.95. The van der Waals surface area contributed by atoms with Crippen molar-refractivity contribution in [3.63, 3.8) is 0 Å². The Bertz CT molecular complexity index is 999. The van der Waals surface area contributed by atoms with E-state index < -0.39 is 0 Å². The maximum Gasteiger partial charge on any atom is 0.135 e. The van der Waals surface area contributed by atoms with Gasteiger partial charge in [0.1, 0.15) is 17.0 Å². The number of aromatic nitrogens is 4. The molecule has 0 atom stereocenters. The van der Waals surface area contributed by atoms with Gasteiger partial charge >= 0.3 is 0 Å². The Hall–Kier alpha value is -2.93. The van der Waals surface area contributed by atoms with Gasteiger partial charge in [-0.2, -0.15) is 0 Å². The molecule has 0 saturated carbocycles. The van der Waals surface area contributed by atoms with Crippen molar-refractivity contribution in [3.8, 4) is 21.8 Å². The van der Waals surface area contributed by atoms with Gasteiger partial charge in [0.25, 0.3) is 0 Å². The van der Waals surface area contributed by atoms with Crippen molar-refractivity contribution in [1.29, 1.82) is 0 Å². The molecule has 0 aliphatic carbocycles. The minimum Gasteiger partial charge on any atom is -0.399 e. The predicted octanol–water partition coefficient (Wildman–Crippen LogP) is 2.92. The molecule has 3 aromatic heterocycles. The molecule has 114 valence electrons. The van der Waals surface area contributed by atoms with E-state index in [2.05, 4.69) is 15.0 Å². The number of fused-ring (bicyclic) bond motifs is 1. The lowest BCUT2D eigenvalue weighted by Crippen LogP contribution is -1.91. The van der Waals surface area contributed by atoms with E-state index in [0.717, 1.165) is 37.7 Å². The van der Waals surface area contributed by atoms with Crippen LogP contribution < -0.4 is 11.5 Å². The van der Waals surface area contributed by atoms with Crippen molar-refractivity contribution in [3.05, 3.63) is 43.0 Å². The summed E-state index contributed by atoms with van der Waals surface area (Å²) in [4.78, 5) is 14.8. The number of benzene rings is 1. The number of hydrogen-bond acceptors (Lipinski definition) is 6. The summed E-state index contributed by atoms with van der Waals surface area (Å²) in [7, 11) is 1.97. The van der Waals surface area contributed by atoms with Gasteiger partial charge in [0.15, 0.2) is 0 Å². The zero-order chi connectivity index (χ0) is 16.0. The zero-order valence-electron chi connectivity index (χ0n) is 12.4. The summed E-state index contributed by atoms with van der Waals surface area (Å²) in [5.41, 5.74) is 15.4. The van der Waals surface area contributed by atoms with E-state index in [0.29, 0.717) is 5.82 Å². The number of imidazole rings is 1. The van der Waals surface area contributed by atoms with Gasteiger partial charge in [-0.25, -0.2) is 15.0 Å². The van der Waals surface area contributed by atoms with Crippen molar-refractivity contribution >= 4 is 33.1 Å². The van der Waals surface area contributed by atoms with Crippen LogP contribution in [0, 0.1) is 0 Å². The first-order valence-corrected chi connectivity index (χ1v) is 7.83. The van der Waals surface area contributed by atoms with E-state index in [1.807, 2.05) is 41.9 Å². The van der Waals surface area contributed by atoms with E-state index >= 15 is 0 Å². The molecule has 1 aromatic carbocycles. The fourth-order valence-electron chi connectivity index (χ4n) is 2.56. The highest BCUT2D eigenvalue weighted by Crippen LogP contribution is 2.38. The summed E-state index contributed by atoms with van der Waals surface area (Å²) in [6.07, 6.45) is 3.29. The fourth-order valence-corrected chi connectivity index (χ4v) is 3.66. The molecule has 0 radical (unpaired) electrons. The number of aryl methyl sites for hydroxylation is 1. The number of hydrogen-bond donors (Lipinski definition) is 2. The second-order valence-corrected chi connectivity index (χ2v) is 6.29. The molecule has 6 nitrogen and oxygen atoms in total. The summed E-state index contributed by atoms with van der Waals surface area (Å²) in [5, 5.41) is 0.872. The largest absolute Gasteiger partial charge is 0.399 e. The third-order valence-electron chi connectivity index (χ3n) is 3.71. The average molecular weight is 322 g/mol. The quantitative estimate of drug-likeness (QED) is 0.553. The van der Waals surface area contributed by atoms with Crippen LogP contribution in [-0.2, 0) is 7.05 Å². The van der Waals surface area contributed by atoms with Gasteiger partial charge in [-0.15, -0.1) is 11.3 Å². The smallest absolute Gasteiger partial charge is 0.135 e. The van der Waals surface area contributed by atoms with E-state index in [9.17, 15) is 0 Å². The molecule has 0 spiro atoms. The lowest BCUT2D eigenvalue weighted by atomic mass is 10.1. The third kappa shape index (κ3) is 2.22. The van der Waals surface area contributed by atoms with Crippen LogP contribution in [0.15, 0.2) is 43.0 Å². The predicted molar refractivity (Wildman–Crippen MR) is 93.9 cm³/mol. The average Bonchev–Trinajstić information content (AvgIpc) is 3.12. The molecule has 0 aliphatic heterocycles. The van der Waals surface area contributed by atoms with Crippen LogP contribution in [0.5, 0.6) is 0 Å². The molecule has 4 N–H and O–H groups in total. The minimum atomic E-state index is 0.494. The number of nitrogen functional groups attached to an aromatic ring is 2. The van der Waals surface area contributed by atoms with Gasteiger partial charge in [-0.3, -0.25) is 0 Å². The van der Waals surface area contributed by atoms with Crippen LogP contribution in [-0.4, -0.2) is 19.5 Å². The van der Waals surface area contributed by atoms with Crippen LogP contribution in [0.3, 0.4) is 0 Å². The first kappa shape index (κ1) is 13.7. The van der Waals surface area contributed by atoms with E-state index in [-0.39, 0.29) is 0 Å². The van der Waals surface area contributed by atoms with Crippen LogP contribution in [0.25, 0.3) is 32.0 Å². The van der Waals surface area contributed by atoms with Crippen molar-refractivity contribution in [1.82, 2.24) is 19.5 Å². The SMILES string of the molecule is Cn1cnc(-c2ccc(N)cc2)c1-c1cc2c(N)ncnc2s1. The Morgan fingerprint density at radius 1 is 1.04 bits per heavy atom. The number of nitrogens with zero attached hydrogens (tertiary/aromatic N) is 4. The van der Waals surface area contributed by atoms with Crippen molar-refractivity contribution in [2.45, 2.75) is 0 Å². The highest BCUT2D eigenvalue weighted by molar-refractivity contribution is 7.21. The van der Waals surface area contributed by atoms with Gasteiger partial charge in [-0.05, 0) is 18.2 Å². The topological polar surface area (TPSA) is 95.6 Å². The van der Waals surface area contributed by atoms with E-state index in [1.165, 1.54) is 6.33 Å². The number of anilines is 2. The van der Waals surface area contributed by atoms with Crippen LogP contribution in [0.1, 0.15) is 0 Å². The van der Waals surface area contributed by atoms with Gasteiger partial charge < -0.3 is 16.0 Å². The number of thiophene rings is 1. The van der Waals surface area contributed by atoms with Crippen molar-refractivity contribution in [2.24, 2.45) is 7.05 Å². The highest BCUT2D eigenvalue weighted by atomic mass is 32.1. The van der Waals surface area contributed by atoms with Gasteiger partial charge in [0.05, 0.1) is 28.0 Å². The summed E-state index contributed by atoms with van der Waals surface area (Å²) >= 11 is 1.58. The molecule has 7 heteroatoms. The Balaban J connectivity index is 1.92. The van der Waals surface area contributed by atoms with Crippen LogP contribution >= 0.6 is 11.3 Å². The Morgan fingerprint density at radius 3 is 2.57 bits per heavy atom. The molecule has 4 rings (SSSR count). The monoisotopic (exact) mass is 322 g/mol. The van der Waals surface area contributed by atoms with E-state index in [1.54, 1.807) is 17.7 Å². The lowest BCUT2D eigenvalue weighted by molar-refractivity contribution is 0.924. The molecule has 23 heavy (non-hydrogen) atoms. The molecule has 0 aliphatic rings. The maximum absolute atomic E-state index is 5.95. The molecule has 4 aromatic rings. The lowest BCUT2D eigenvalue weighted by Gasteiger charge is -2.04. The van der Waals surface area contributed by atoms with E-state index in [4.69, 9.17) is 11.5 Å². The van der Waals surface area contributed by atoms with Gasteiger partial charge in [-0.1, -0.05) is 12.1 Å². The molecular weight excluding hydrogens is 308 g/mol. The molecule has 0 unspecified atom stereocenters. The van der Waals surface area contributed by atoms with Gasteiger partial charge in [0.2, 0.25) is 0 Å².